The van der Waals surface area contributed by atoms with Crippen LogP contribution < -0.4 is 10.2 Å². The maximum absolute atomic E-state index is 13.1. The van der Waals surface area contributed by atoms with E-state index < -0.39 is 5.92 Å². The summed E-state index contributed by atoms with van der Waals surface area (Å²) >= 11 is 6.12. The molecular weight excluding hydrogens is 390 g/mol. The van der Waals surface area contributed by atoms with E-state index in [-0.39, 0.29) is 30.2 Å². The number of rotatable bonds is 3. The van der Waals surface area contributed by atoms with Crippen LogP contribution in [0, 0.1) is 5.92 Å². The zero-order chi connectivity index (χ0) is 20.7. The number of likely N-dealkylation sites (tertiary alicyclic amines) is 1. The lowest BCUT2D eigenvalue weighted by Crippen LogP contribution is -2.31. The number of nitrogens with zero attached hydrogens (tertiary/aromatic N) is 2. The van der Waals surface area contributed by atoms with Crippen molar-refractivity contribution in [1.82, 2.24) is 4.90 Å². The van der Waals surface area contributed by atoms with E-state index in [9.17, 15) is 14.4 Å². The lowest BCUT2D eigenvalue weighted by molar-refractivity contribution is -0.128. The number of hydrogen-bond acceptors (Lipinski definition) is 3. The van der Waals surface area contributed by atoms with E-state index in [1.807, 2.05) is 24.3 Å². The summed E-state index contributed by atoms with van der Waals surface area (Å²) in [6, 6.07) is 12.5. The van der Waals surface area contributed by atoms with Gasteiger partial charge in [-0.25, -0.2) is 0 Å². The Balaban J connectivity index is 1.57. The van der Waals surface area contributed by atoms with Crippen LogP contribution in [0.2, 0.25) is 5.02 Å². The van der Waals surface area contributed by atoms with Gasteiger partial charge in [0, 0.05) is 43.3 Å². The lowest BCUT2D eigenvalue weighted by atomic mass is 9.92. The van der Waals surface area contributed by atoms with Crippen molar-refractivity contribution in [3.8, 4) is 0 Å². The number of nitrogens with one attached hydrogen (secondary N) is 1. The predicted octanol–water partition coefficient (Wildman–Crippen LogP) is 3.41. The number of fused-ring (bicyclic) bond motifs is 1. The number of benzene rings is 2. The van der Waals surface area contributed by atoms with Crippen molar-refractivity contribution in [1.29, 1.82) is 0 Å². The van der Waals surface area contributed by atoms with Crippen molar-refractivity contribution < 1.29 is 14.4 Å². The van der Waals surface area contributed by atoms with Crippen LogP contribution in [-0.4, -0.2) is 36.7 Å². The molecule has 6 nitrogen and oxygen atoms in total. The van der Waals surface area contributed by atoms with Gasteiger partial charge in [0.25, 0.3) is 0 Å². The van der Waals surface area contributed by atoms with Gasteiger partial charge in [-0.05, 0) is 47.9 Å². The molecule has 0 bridgehead atoms. The quantitative estimate of drug-likeness (QED) is 0.841. The summed E-state index contributed by atoms with van der Waals surface area (Å²) < 4.78 is 0. The third-order valence-corrected chi connectivity index (χ3v) is 6.04. The van der Waals surface area contributed by atoms with Gasteiger partial charge in [0.1, 0.15) is 0 Å². The van der Waals surface area contributed by atoms with E-state index in [4.69, 9.17) is 11.6 Å². The standard InChI is InChI=1S/C22H22ClN3O3/c1-25-18-8-7-16(11-13(18)6-9-19(25)27)24-22(29)17-12-20(28)26(2)21(17)14-4-3-5-15(23)10-14/h3-5,7-8,10-11,17,21H,6,9,12H2,1-2H3,(H,24,29). The van der Waals surface area contributed by atoms with Gasteiger partial charge in [-0.2, -0.15) is 0 Å². The maximum atomic E-state index is 13.1. The fourth-order valence-electron chi connectivity index (χ4n) is 4.22. The Morgan fingerprint density at radius 1 is 1.07 bits per heavy atom. The highest BCUT2D eigenvalue weighted by Crippen LogP contribution is 2.38. The summed E-state index contributed by atoms with van der Waals surface area (Å²) in [5, 5.41) is 3.53. The maximum Gasteiger partial charge on any atom is 0.230 e. The summed E-state index contributed by atoms with van der Waals surface area (Å²) in [6.07, 6.45) is 1.26. The van der Waals surface area contributed by atoms with Crippen molar-refractivity contribution in [3.05, 3.63) is 58.6 Å². The minimum Gasteiger partial charge on any atom is -0.338 e. The van der Waals surface area contributed by atoms with E-state index >= 15 is 0 Å². The van der Waals surface area contributed by atoms with Crippen LogP contribution in [-0.2, 0) is 20.8 Å². The number of aryl methyl sites for hydroxylation is 1. The molecule has 3 amide bonds. The molecule has 2 aliphatic heterocycles. The van der Waals surface area contributed by atoms with Gasteiger partial charge in [-0.3, -0.25) is 14.4 Å². The third kappa shape index (κ3) is 3.60. The molecule has 2 heterocycles. The monoisotopic (exact) mass is 411 g/mol. The van der Waals surface area contributed by atoms with Gasteiger partial charge < -0.3 is 15.1 Å². The van der Waals surface area contributed by atoms with Crippen LogP contribution >= 0.6 is 11.6 Å². The SMILES string of the molecule is CN1C(=O)CCc2cc(NC(=O)C3CC(=O)N(C)C3c3cccc(Cl)c3)ccc21. The first-order valence-corrected chi connectivity index (χ1v) is 9.94. The number of anilines is 2. The number of carbonyl (C=O) groups is 3. The fraction of sp³-hybridized carbons (Fsp3) is 0.318. The number of amides is 3. The first kappa shape index (κ1) is 19.5. The van der Waals surface area contributed by atoms with Crippen LogP contribution in [0.5, 0.6) is 0 Å². The average molecular weight is 412 g/mol. The molecule has 2 atom stereocenters. The fourth-order valence-corrected chi connectivity index (χ4v) is 4.42. The van der Waals surface area contributed by atoms with Crippen molar-refractivity contribution in [2.45, 2.75) is 25.3 Å². The molecule has 2 aromatic carbocycles. The van der Waals surface area contributed by atoms with E-state index in [2.05, 4.69) is 5.32 Å². The Morgan fingerprint density at radius 2 is 1.86 bits per heavy atom. The van der Waals surface area contributed by atoms with Crippen LogP contribution in [0.3, 0.4) is 0 Å². The molecule has 1 fully saturated rings. The zero-order valence-corrected chi connectivity index (χ0v) is 17.1. The molecule has 0 aromatic heterocycles. The summed E-state index contributed by atoms with van der Waals surface area (Å²) in [5.74, 6) is -0.689. The second kappa shape index (κ2) is 7.52. The normalized spacial score (nSPS) is 21.3. The smallest absolute Gasteiger partial charge is 0.230 e. The first-order valence-electron chi connectivity index (χ1n) is 9.56. The molecule has 2 aliphatic rings. The average Bonchev–Trinajstić information content (AvgIpc) is 3.00. The Morgan fingerprint density at radius 3 is 2.62 bits per heavy atom. The van der Waals surface area contributed by atoms with Crippen LogP contribution in [0.15, 0.2) is 42.5 Å². The van der Waals surface area contributed by atoms with Crippen molar-refractivity contribution >= 4 is 40.7 Å². The van der Waals surface area contributed by atoms with Gasteiger partial charge in [0.15, 0.2) is 0 Å². The molecule has 150 valence electrons. The van der Waals surface area contributed by atoms with Crippen LogP contribution in [0.25, 0.3) is 0 Å². The van der Waals surface area contributed by atoms with Gasteiger partial charge in [-0.1, -0.05) is 23.7 Å². The number of carbonyl (C=O) groups excluding carboxylic acids is 3. The van der Waals surface area contributed by atoms with Crippen molar-refractivity contribution in [3.63, 3.8) is 0 Å². The molecule has 0 aliphatic carbocycles. The van der Waals surface area contributed by atoms with Gasteiger partial charge in [-0.15, -0.1) is 0 Å². The molecule has 0 radical (unpaired) electrons. The molecular formula is C22H22ClN3O3. The predicted molar refractivity (Wildman–Crippen MR) is 112 cm³/mol. The highest BCUT2D eigenvalue weighted by molar-refractivity contribution is 6.30. The summed E-state index contributed by atoms with van der Waals surface area (Å²) in [4.78, 5) is 40.5. The van der Waals surface area contributed by atoms with E-state index in [1.165, 1.54) is 0 Å². The molecule has 1 saturated heterocycles. The Labute approximate surface area is 174 Å². The number of hydrogen-bond donors (Lipinski definition) is 1. The molecule has 2 aromatic rings. The first-order chi connectivity index (χ1) is 13.8. The summed E-state index contributed by atoms with van der Waals surface area (Å²) in [5.41, 5.74) is 3.41. The summed E-state index contributed by atoms with van der Waals surface area (Å²) in [6.45, 7) is 0. The molecule has 2 unspecified atom stereocenters. The molecule has 7 heteroatoms. The molecule has 4 rings (SSSR count). The van der Waals surface area contributed by atoms with Crippen molar-refractivity contribution in [2.24, 2.45) is 5.92 Å². The Kier molecular flexibility index (Phi) is 5.04. The van der Waals surface area contributed by atoms with Gasteiger partial charge >= 0.3 is 0 Å². The zero-order valence-electron chi connectivity index (χ0n) is 16.3. The number of halogens is 1. The lowest BCUT2D eigenvalue weighted by Gasteiger charge is -2.27. The molecule has 29 heavy (non-hydrogen) atoms. The molecule has 1 N–H and O–H groups in total. The van der Waals surface area contributed by atoms with Crippen molar-refractivity contribution in [2.75, 3.05) is 24.3 Å². The van der Waals surface area contributed by atoms with Gasteiger partial charge in [0.2, 0.25) is 17.7 Å². The van der Waals surface area contributed by atoms with E-state index in [1.54, 1.807) is 42.1 Å². The van der Waals surface area contributed by atoms with E-state index in [0.717, 1.165) is 16.8 Å². The highest BCUT2D eigenvalue weighted by Gasteiger charge is 2.42. The Hall–Kier alpha value is -2.86. The van der Waals surface area contributed by atoms with Crippen LogP contribution in [0.1, 0.15) is 30.0 Å². The Bertz CT molecular complexity index is 1010. The molecule has 0 spiro atoms. The topological polar surface area (TPSA) is 69.7 Å². The highest BCUT2D eigenvalue weighted by atomic mass is 35.5. The van der Waals surface area contributed by atoms with Gasteiger partial charge in [0.05, 0.1) is 12.0 Å². The minimum absolute atomic E-state index is 0.0688. The van der Waals surface area contributed by atoms with Crippen LogP contribution in [0.4, 0.5) is 11.4 Å². The second-order valence-electron chi connectivity index (χ2n) is 7.60. The third-order valence-electron chi connectivity index (χ3n) is 5.80. The minimum atomic E-state index is -0.508. The molecule has 0 saturated carbocycles. The summed E-state index contributed by atoms with van der Waals surface area (Å²) in [7, 11) is 3.47. The van der Waals surface area contributed by atoms with E-state index in [0.29, 0.717) is 23.6 Å². The second-order valence-corrected chi connectivity index (χ2v) is 8.04. The largest absolute Gasteiger partial charge is 0.338 e.